The Morgan fingerprint density at radius 1 is 1.19 bits per heavy atom. The van der Waals surface area contributed by atoms with Crippen LogP contribution < -0.4 is 0 Å². The molecule has 2 aromatic carbocycles. The van der Waals surface area contributed by atoms with Gasteiger partial charge in [0.1, 0.15) is 5.82 Å². The number of carbonyl (C=O) groups excluding carboxylic acids is 1. The van der Waals surface area contributed by atoms with Gasteiger partial charge in [0.15, 0.2) is 5.82 Å². The fourth-order valence-electron chi connectivity index (χ4n) is 3.77. The summed E-state index contributed by atoms with van der Waals surface area (Å²) < 4.78 is 15.1. The Bertz CT molecular complexity index is 1190. The highest BCUT2D eigenvalue weighted by Gasteiger charge is 2.27. The van der Waals surface area contributed by atoms with Crippen molar-refractivity contribution in [3.05, 3.63) is 59.4 Å². The summed E-state index contributed by atoms with van der Waals surface area (Å²) in [4.78, 5) is 23.8. The first-order valence-electron chi connectivity index (χ1n) is 10.1. The number of piperidine rings is 1. The first kappa shape index (κ1) is 20.1. The van der Waals surface area contributed by atoms with E-state index in [1.165, 1.54) is 22.5 Å². The number of nitrogens with one attached hydrogen (secondary N) is 1. The number of likely N-dealkylation sites (tertiary alicyclic amines) is 1. The van der Waals surface area contributed by atoms with E-state index in [4.69, 9.17) is 4.98 Å². The normalized spacial score (nSPS) is 16.7. The first-order chi connectivity index (χ1) is 15.2. The topological polar surface area (TPSA) is 74.8 Å². The second-order valence-corrected chi connectivity index (χ2v) is 9.44. The largest absolute Gasteiger partial charge is 0.341 e. The quantitative estimate of drug-likeness (QED) is 0.443. The number of benzene rings is 2. The van der Waals surface area contributed by atoms with Crippen LogP contribution in [0.4, 0.5) is 4.39 Å². The van der Waals surface area contributed by atoms with Crippen molar-refractivity contribution in [1.29, 1.82) is 0 Å². The van der Waals surface area contributed by atoms with E-state index in [1.54, 1.807) is 29.5 Å². The third-order valence-electron chi connectivity index (χ3n) is 5.35. The lowest BCUT2D eigenvalue weighted by Gasteiger charge is -2.31. The van der Waals surface area contributed by atoms with Crippen LogP contribution in [0.5, 0.6) is 0 Å². The molecule has 158 valence electrons. The van der Waals surface area contributed by atoms with Crippen molar-refractivity contribution in [3.63, 3.8) is 0 Å². The van der Waals surface area contributed by atoms with Crippen LogP contribution in [0.1, 0.15) is 23.8 Å². The second kappa shape index (κ2) is 8.76. The first-order valence-corrected chi connectivity index (χ1v) is 11.9. The smallest absolute Gasteiger partial charge is 0.233 e. The number of rotatable bonds is 5. The molecule has 1 amide bonds. The summed E-state index contributed by atoms with van der Waals surface area (Å²) in [5, 5.41) is 8.42. The van der Waals surface area contributed by atoms with Crippen molar-refractivity contribution < 1.29 is 9.18 Å². The average Bonchev–Trinajstić information content (AvgIpc) is 3.45. The van der Waals surface area contributed by atoms with Crippen LogP contribution >= 0.6 is 23.1 Å². The summed E-state index contributed by atoms with van der Waals surface area (Å²) in [6.45, 7) is 1.45. The Balaban J connectivity index is 1.21. The van der Waals surface area contributed by atoms with Gasteiger partial charge in [-0.05, 0) is 37.1 Å². The number of hydrogen-bond donors (Lipinski definition) is 1. The Morgan fingerprint density at radius 3 is 2.90 bits per heavy atom. The number of thioether (sulfide) groups is 1. The molecule has 1 fully saturated rings. The van der Waals surface area contributed by atoms with E-state index >= 15 is 0 Å². The molecule has 1 aliphatic heterocycles. The molecule has 9 heteroatoms. The van der Waals surface area contributed by atoms with Crippen molar-refractivity contribution in [2.45, 2.75) is 23.9 Å². The van der Waals surface area contributed by atoms with Crippen LogP contribution in [0.15, 0.2) is 53.7 Å². The molecule has 6 nitrogen and oxygen atoms in total. The van der Waals surface area contributed by atoms with Crippen molar-refractivity contribution >= 4 is 39.2 Å². The number of amides is 1. The molecule has 0 bridgehead atoms. The van der Waals surface area contributed by atoms with Crippen LogP contribution in [0.25, 0.3) is 21.6 Å². The number of halogens is 1. The number of H-pyrrole nitrogens is 1. The third-order valence-corrected chi connectivity index (χ3v) is 7.38. The SMILES string of the molecule is O=C(CSc1n[nH]c(-c2ccccc2F)n1)N1CCC[C@H](c2nc3ccccc3s2)C1. The number of carbonyl (C=O) groups is 1. The van der Waals surface area contributed by atoms with E-state index in [1.807, 2.05) is 23.1 Å². The van der Waals surface area contributed by atoms with Crippen LogP contribution in [0.3, 0.4) is 0 Å². The maximum absolute atomic E-state index is 13.9. The highest BCUT2D eigenvalue weighted by molar-refractivity contribution is 7.99. The summed E-state index contributed by atoms with van der Waals surface area (Å²) in [6.07, 6.45) is 2.01. The molecule has 31 heavy (non-hydrogen) atoms. The Labute approximate surface area is 186 Å². The minimum Gasteiger partial charge on any atom is -0.341 e. The Kier molecular flexibility index (Phi) is 5.69. The number of para-hydroxylation sites is 1. The van der Waals surface area contributed by atoms with E-state index < -0.39 is 0 Å². The van der Waals surface area contributed by atoms with Crippen LogP contribution in [0, 0.1) is 5.82 Å². The van der Waals surface area contributed by atoms with E-state index in [0.717, 1.165) is 29.9 Å². The van der Waals surface area contributed by atoms with Gasteiger partial charge in [0.2, 0.25) is 11.1 Å². The predicted molar refractivity (Wildman–Crippen MR) is 121 cm³/mol. The van der Waals surface area contributed by atoms with Crippen LogP contribution in [0.2, 0.25) is 0 Å². The molecule has 3 heterocycles. The highest BCUT2D eigenvalue weighted by atomic mass is 32.2. The molecule has 2 aromatic heterocycles. The molecule has 0 saturated carbocycles. The Morgan fingerprint density at radius 2 is 2.03 bits per heavy atom. The summed E-state index contributed by atoms with van der Waals surface area (Å²) >= 11 is 2.98. The second-order valence-electron chi connectivity index (χ2n) is 7.43. The number of thiazole rings is 1. The summed E-state index contributed by atoms with van der Waals surface area (Å²) in [6, 6.07) is 14.5. The molecular formula is C22H20FN5OS2. The standard InChI is InChI=1S/C22H20FN5OS2/c23-16-8-2-1-7-15(16)20-25-22(27-26-20)30-13-19(29)28-11-5-6-14(12-28)21-24-17-9-3-4-10-18(17)31-21/h1-4,7-10,14H,5-6,11-13H2,(H,25,26,27)/t14-/m0/s1. The maximum atomic E-state index is 13.9. The van der Waals surface area contributed by atoms with Gasteiger partial charge in [-0.1, -0.05) is 36.0 Å². The van der Waals surface area contributed by atoms with E-state index in [0.29, 0.717) is 23.1 Å². The lowest BCUT2D eigenvalue weighted by molar-refractivity contribution is -0.129. The number of aromatic amines is 1. The van der Waals surface area contributed by atoms with Crippen molar-refractivity contribution in [3.8, 4) is 11.4 Å². The maximum Gasteiger partial charge on any atom is 0.233 e. The zero-order valence-corrected chi connectivity index (χ0v) is 18.3. The van der Waals surface area contributed by atoms with Crippen molar-refractivity contribution in [1.82, 2.24) is 25.1 Å². The van der Waals surface area contributed by atoms with Crippen LogP contribution in [-0.2, 0) is 4.79 Å². The zero-order chi connectivity index (χ0) is 21.2. The zero-order valence-electron chi connectivity index (χ0n) is 16.6. The molecule has 0 aliphatic carbocycles. The number of hydrogen-bond acceptors (Lipinski definition) is 6. The fourth-order valence-corrected chi connectivity index (χ4v) is 5.57. The molecule has 0 spiro atoms. The van der Waals surface area contributed by atoms with Gasteiger partial charge >= 0.3 is 0 Å². The van der Waals surface area contributed by atoms with Gasteiger partial charge < -0.3 is 4.90 Å². The molecule has 1 N–H and O–H groups in total. The fraction of sp³-hybridized carbons (Fsp3) is 0.273. The van der Waals surface area contributed by atoms with Gasteiger partial charge in [0.05, 0.1) is 26.5 Å². The van der Waals surface area contributed by atoms with Gasteiger partial charge in [0, 0.05) is 19.0 Å². The van der Waals surface area contributed by atoms with Gasteiger partial charge in [-0.25, -0.2) is 14.4 Å². The lowest BCUT2D eigenvalue weighted by Crippen LogP contribution is -2.40. The number of aromatic nitrogens is 4. The van der Waals surface area contributed by atoms with Crippen LogP contribution in [-0.4, -0.2) is 49.8 Å². The van der Waals surface area contributed by atoms with Gasteiger partial charge in [-0.15, -0.1) is 16.4 Å². The van der Waals surface area contributed by atoms with Gasteiger partial charge in [-0.2, -0.15) is 0 Å². The predicted octanol–water partition coefficient (Wildman–Crippen LogP) is 4.72. The van der Waals surface area contributed by atoms with E-state index in [-0.39, 0.29) is 23.4 Å². The summed E-state index contributed by atoms with van der Waals surface area (Å²) in [7, 11) is 0. The monoisotopic (exact) mass is 453 g/mol. The molecule has 0 radical (unpaired) electrons. The third kappa shape index (κ3) is 4.33. The minimum absolute atomic E-state index is 0.0630. The summed E-state index contributed by atoms with van der Waals surface area (Å²) in [5.74, 6) is 0.591. The molecule has 1 aliphatic rings. The van der Waals surface area contributed by atoms with Crippen molar-refractivity contribution in [2.75, 3.05) is 18.8 Å². The summed E-state index contributed by atoms with van der Waals surface area (Å²) in [5.41, 5.74) is 1.39. The highest BCUT2D eigenvalue weighted by Crippen LogP contribution is 2.33. The van der Waals surface area contributed by atoms with Crippen molar-refractivity contribution in [2.24, 2.45) is 0 Å². The van der Waals surface area contributed by atoms with Gasteiger partial charge in [0.25, 0.3) is 0 Å². The molecule has 1 saturated heterocycles. The van der Waals surface area contributed by atoms with Gasteiger partial charge in [-0.3, -0.25) is 9.89 Å². The molecule has 4 aromatic rings. The molecule has 5 rings (SSSR count). The Hall–Kier alpha value is -2.78. The van der Waals surface area contributed by atoms with E-state index in [9.17, 15) is 9.18 Å². The number of nitrogens with zero attached hydrogens (tertiary/aromatic N) is 4. The molecule has 1 atom stereocenters. The average molecular weight is 454 g/mol. The number of fused-ring (bicyclic) bond motifs is 1. The molecule has 0 unspecified atom stereocenters. The minimum atomic E-state index is -0.361. The lowest BCUT2D eigenvalue weighted by atomic mass is 9.99. The molecular weight excluding hydrogens is 433 g/mol. The van der Waals surface area contributed by atoms with E-state index in [2.05, 4.69) is 21.2 Å².